The summed E-state index contributed by atoms with van der Waals surface area (Å²) >= 11 is 3.49. The summed E-state index contributed by atoms with van der Waals surface area (Å²) in [6.07, 6.45) is 2.92. The third-order valence-corrected chi connectivity index (χ3v) is 4.89. The molecule has 0 spiro atoms. The molecule has 1 aliphatic rings. The number of nitrogens with zero attached hydrogens (tertiary/aromatic N) is 4. The first-order chi connectivity index (χ1) is 13.1. The molecule has 0 saturated carbocycles. The topological polar surface area (TPSA) is 91.2 Å². The van der Waals surface area contributed by atoms with Gasteiger partial charge in [0.25, 0.3) is 0 Å². The number of hydrogen-bond donors (Lipinski definition) is 1. The first-order valence-corrected chi connectivity index (χ1v) is 9.62. The van der Waals surface area contributed by atoms with Gasteiger partial charge in [-0.1, -0.05) is 40.8 Å². The number of benzene rings is 1. The Hall–Kier alpha value is -2.42. The Balaban J connectivity index is 2.02. The summed E-state index contributed by atoms with van der Waals surface area (Å²) in [7, 11) is 1.59. The molecule has 27 heavy (non-hydrogen) atoms. The molecule has 1 aromatic carbocycles. The molecule has 0 amide bonds. The molecule has 1 N–H and O–H groups in total. The Morgan fingerprint density at radius 3 is 2.93 bits per heavy atom. The Kier molecular flexibility index (Phi) is 6.10. The fourth-order valence-corrected chi connectivity index (χ4v) is 3.46. The second kappa shape index (κ2) is 8.51. The Morgan fingerprint density at radius 1 is 1.37 bits per heavy atom. The fourth-order valence-electron chi connectivity index (χ4n) is 3.08. The van der Waals surface area contributed by atoms with E-state index in [4.69, 9.17) is 9.47 Å². The zero-order chi connectivity index (χ0) is 19.4. The van der Waals surface area contributed by atoms with Crippen LogP contribution in [-0.4, -0.2) is 39.9 Å². The number of methoxy groups -OCH3 is 1. The number of rotatable bonds is 7. The highest BCUT2D eigenvalue weighted by Crippen LogP contribution is 2.40. The summed E-state index contributed by atoms with van der Waals surface area (Å²) in [5, 5.41) is 14.9. The van der Waals surface area contributed by atoms with Crippen LogP contribution in [0.25, 0.3) is 0 Å². The lowest BCUT2D eigenvalue weighted by atomic mass is 9.95. The minimum absolute atomic E-state index is 0.383. The summed E-state index contributed by atoms with van der Waals surface area (Å²) in [6, 6.07) is 5.06. The number of aromatic nitrogens is 4. The van der Waals surface area contributed by atoms with Crippen molar-refractivity contribution in [3.8, 4) is 5.75 Å². The lowest BCUT2D eigenvalue weighted by Gasteiger charge is -2.28. The number of carbonyl (C=O) groups excluding carboxylic acids is 1. The molecular weight excluding hydrogens is 414 g/mol. The zero-order valence-corrected chi connectivity index (χ0v) is 17.1. The van der Waals surface area contributed by atoms with Gasteiger partial charge in [0.15, 0.2) is 0 Å². The average molecular weight is 436 g/mol. The van der Waals surface area contributed by atoms with Crippen molar-refractivity contribution in [2.24, 2.45) is 0 Å². The zero-order valence-electron chi connectivity index (χ0n) is 15.5. The van der Waals surface area contributed by atoms with E-state index in [9.17, 15) is 4.79 Å². The van der Waals surface area contributed by atoms with Crippen LogP contribution in [-0.2, 0) is 9.53 Å². The molecule has 0 aliphatic carbocycles. The number of esters is 1. The number of anilines is 1. The van der Waals surface area contributed by atoms with Crippen LogP contribution in [0.2, 0.25) is 0 Å². The molecule has 0 unspecified atom stereocenters. The Bertz CT molecular complexity index is 864. The average Bonchev–Trinajstić information content (AvgIpc) is 3.11. The maximum Gasteiger partial charge on any atom is 0.338 e. The number of tetrazole rings is 1. The molecule has 0 saturated heterocycles. The predicted octanol–water partition coefficient (Wildman–Crippen LogP) is 3.47. The largest absolute Gasteiger partial charge is 0.496 e. The van der Waals surface area contributed by atoms with Crippen molar-refractivity contribution >= 4 is 27.8 Å². The number of ether oxygens (including phenoxy) is 2. The number of fused-ring (bicyclic) bond motifs is 1. The molecule has 0 bridgehead atoms. The smallest absolute Gasteiger partial charge is 0.338 e. The van der Waals surface area contributed by atoms with Crippen molar-refractivity contribution < 1.29 is 14.3 Å². The highest BCUT2D eigenvalue weighted by molar-refractivity contribution is 9.10. The van der Waals surface area contributed by atoms with Crippen molar-refractivity contribution in [1.29, 1.82) is 0 Å². The van der Waals surface area contributed by atoms with Gasteiger partial charge < -0.3 is 14.8 Å². The van der Waals surface area contributed by atoms with E-state index in [0.29, 0.717) is 29.6 Å². The second-order valence-electron chi connectivity index (χ2n) is 6.24. The molecule has 0 fully saturated rings. The molecule has 1 aliphatic heterocycles. The number of hydrogen-bond acceptors (Lipinski definition) is 7. The highest BCUT2D eigenvalue weighted by Gasteiger charge is 2.36. The number of carbonyl (C=O) groups is 1. The normalized spacial score (nSPS) is 15.9. The van der Waals surface area contributed by atoms with Crippen LogP contribution in [0.3, 0.4) is 0 Å². The summed E-state index contributed by atoms with van der Waals surface area (Å²) in [4.78, 5) is 12.9. The lowest BCUT2D eigenvalue weighted by Crippen LogP contribution is -2.30. The molecule has 144 valence electrons. The quantitative estimate of drug-likeness (QED) is 0.525. The minimum atomic E-state index is -0.553. The van der Waals surface area contributed by atoms with Gasteiger partial charge in [-0.2, -0.15) is 4.68 Å². The molecule has 1 aromatic heterocycles. The van der Waals surface area contributed by atoms with Crippen molar-refractivity contribution in [3.05, 3.63) is 39.5 Å². The molecule has 1 atom stereocenters. The van der Waals surface area contributed by atoms with Gasteiger partial charge in [-0.3, -0.25) is 0 Å². The first kappa shape index (κ1) is 19.3. The molecule has 0 radical (unpaired) electrons. The van der Waals surface area contributed by atoms with Gasteiger partial charge in [0.1, 0.15) is 11.8 Å². The van der Waals surface area contributed by atoms with Gasteiger partial charge >= 0.3 is 5.97 Å². The maximum atomic E-state index is 12.9. The van der Waals surface area contributed by atoms with Crippen LogP contribution in [0.15, 0.2) is 33.9 Å². The predicted molar refractivity (Wildman–Crippen MR) is 103 cm³/mol. The van der Waals surface area contributed by atoms with Crippen LogP contribution < -0.4 is 10.1 Å². The number of unbranched alkanes of at least 4 members (excludes halogenated alkanes) is 2. The van der Waals surface area contributed by atoms with Gasteiger partial charge in [0.05, 0.1) is 19.3 Å². The summed E-state index contributed by atoms with van der Waals surface area (Å²) in [5.74, 6) is 0.710. The first-order valence-electron chi connectivity index (χ1n) is 8.83. The highest BCUT2D eigenvalue weighted by atomic mass is 79.9. The number of halogens is 1. The summed E-state index contributed by atoms with van der Waals surface area (Å²) < 4.78 is 13.5. The lowest BCUT2D eigenvalue weighted by molar-refractivity contribution is -0.139. The van der Waals surface area contributed by atoms with Crippen molar-refractivity contribution in [3.63, 3.8) is 0 Å². The van der Waals surface area contributed by atoms with Gasteiger partial charge in [0, 0.05) is 15.7 Å². The van der Waals surface area contributed by atoms with Crippen LogP contribution in [0.1, 0.15) is 44.7 Å². The van der Waals surface area contributed by atoms with Gasteiger partial charge in [-0.05, 0) is 42.0 Å². The molecule has 2 aromatic rings. The van der Waals surface area contributed by atoms with Crippen molar-refractivity contribution in [1.82, 2.24) is 20.2 Å². The number of nitrogens with one attached hydrogen (secondary N) is 1. The van der Waals surface area contributed by atoms with E-state index in [0.717, 1.165) is 29.3 Å². The molecular formula is C18H22BrN5O3. The fraction of sp³-hybridized carbons (Fsp3) is 0.444. The van der Waals surface area contributed by atoms with Crippen molar-refractivity contribution in [2.75, 3.05) is 19.0 Å². The van der Waals surface area contributed by atoms with E-state index in [1.54, 1.807) is 11.8 Å². The third-order valence-electron chi connectivity index (χ3n) is 4.40. The standard InChI is InChI=1S/C18H22BrN5O3/c1-4-5-6-9-27-17(25)15-11(2)20-18-21-22-23-24(18)16(15)13-10-12(19)7-8-14(13)26-3/h7-8,10,16H,4-6,9H2,1-3H3,(H,20,21,23)/t16-/m0/s1. The van der Waals surface area contributed by atoms with Crippen LogP contribution in [0.5, 0.6) is 5.75 Å². The van der Waals surface area contributed by atoms with E-state index in [1.807, 2.05) is 25.1 Å². The van der Waals surface area contributed by atoms with Gasteiger partial charge in [-0.15, -0.1) is 0 Å². The van der Waals surface area contributed by atoms with Gasteiger partial charge in [0.2, 0.25) is 5.95 Å². The number of allylic oxidation sites excluding steroid dienone is 1. The molecule has 8 nitrogen and oxygen atoms in total. The second-order valence-corrected chi connectivity index (χ2v) is 7.16. The Morgan fingerprint density at radius 2 is 2.19 bits per heavy atom. The van der Waals surface area contributed by atoms with Gasteiger partial charge in [-0.25, -0.2) is 4.79 Å². The monoisotopic (exact) mass is 435 g/mol. The van der Waals surface area contributed by atoms with Crippen LogP contribution >= 0.6 is 15.9 Å². The van der Waals surface area contributed by atoms with E-state index >= 15 is 0 Å². The molecule has 9 heteroatoms. The summed E-state index contributed by atoms with van der Waals surface area (Å²) in [6.45, 7) is 4.31. The molecule has 3 rings (SSSR count). The third kappa shape index (κ3) is 3.97. The minimum Gasteiger partial charge on any atom is -0.496 e. The Labute approximate surface area is 166 Å². The summed E-state index contributed by atoms with van der Waals surface area (Å²) in [5.41, 5.74) is 1.88. The van der Waals surface area contributed by atoms with Crippen LogP contribution in [0, 0.1) is 0 Å². The van der Waals surface area contributed by atoms with E-state index in [-0.39, 0.29) is 5.97 Å². The van der Waals surface area contributed by atoms with E-state index in [2.05, 4.69) is 43.7 Å². The SMILES string of the molecule is CCCCCOC(=O)C1=C(C)Nc2nnnn2[C@H]1c1cc(Br)ccc1OC. The molecule has 2 heterocycles. The van der Waals surface area contributed by atoms with Crippen molar-refractivity contribution in [2.45, 2.75) is 39.2 Å². The van der Waals surface area contributed by atoms with E-state index < -0.39 is 6.04 Å². The maximum absolute atomic E-state index is 12.9. The van der Waals surface area contributed by atoms with Crippen LogP contribution in [0.4, 0.5) is 5.95 Å². The van der Waals surface area contributed by atoms with E-state index in [1.165, 1.54) is 0 Å².